The summed E-state index contributed by atoms with van der Waals surface area (Å²) in [5.74, 6) is 0.809. The molecule has 0 aliphatic carbocycles. The van der Waals surface area contributed by atoms with Gasteiger partial charge in [-0.05, 0) is 44.6 Å². The minimum absolute atomic E-state index is 0.156. The molecule has 92 valence electrons. The summed E-state index contributed by atoms with van der Waals surface area (Å²) in [6, 6.07) is 0. The molecule has 4 nitrogen and oxygen atoms in total. The van der Waals surface area contributed by atoms with Gasteiger partial charge in [0.1, 0.15) is 6.10 Å². The van der Waals surface area contributed by atoms with Gasteiger partial charge in [0.25, 0.3) is 5.91 Å². The number of hydrogen-bond donors (Lipinski definition) is 1. The number of amides is 1. The predicted molar refractivity (Wildman–Crippen MR) is 61.9 cm³/mol. The van der Waals surface area contributed by atoms with Crippen LogP contribution in [-0.2, 0) is 9.53 Å². The summed E-state index contributed by atoms with van der Waals surface area (Å²) in [7, 11) is 0. The van der Waals surface area contributed by atoms with Gasteiger partial charge in [0.05, 0.1) is 0 Å². The van der Waals surface area contributed by atoms with E-state index in [0.29, 0.717) is 5.92 Å². The Morgan fingerprint density at radius 2 is 2.25 bits per heavy atom. The van der Waals surface area contributed by atoms with Crippen molar-refractivity contribution in [1.29, 1.82) is 0 Å². The second-order valence-electron chi connectivity index (χ2n) is 4.87. The van der Waals surface area contributed by atoms with Crippen molar-refractivity contribution in [3.05, 3.63) is 0 Å². The largest absolute Gasteiger partial charge is 0.368 e. The van der Waals surface area contributed by atoms with Crippen molar-refractivity contribution < 1.29 is 9.53 Å². The van der Waals surface area contributed by atoms with Gasteiger partial charge in [0.2, 0.25) is 0 Å². The lowest BCUT2D eigenvalue weighted by atomic mass is 9.94. The molecule has 0 bridgehead atoms. The molecule has 0 aromatic rings. The van der Waals surface area contributed by atoms with E-state index < -0.39 is 0 Å². The summed E-state index contributed by atoms with van der Waals surface area (Å²) in [6.07, 6.45) is 5.13. The summed E-state index contributed by atoms with van der Waals surface area (Å²) in [5, 5.41) is 0. The molecule has 2 N–H and O–H groups in total. The Kier molecular flexibility index (Phi) is 4.18. The Morgan fingerprint density at radius 3 is 2.94 bits per heavy atom. The predicted octanol–water partition coefficient (Wildman–Crippen LogP) is 0.753. The normalized spacial score (nSPS) is 30.7. The monoisotopic (exact) mass is 226 g/mol. The molecular weight excluding hydrogens is 204 g/mol. The van der Waals surface area contributed by atoms with Crippen LogP contribution in [0.15, 0.2) is 0 Å². The summed E-state index contributed by atoms with van der Waals surface area (Å²) in [5.41, 5.74) is 5.57. The molecule has 0 saturated carbocycles. The zero-order valence-electron chi connectivity index (χ0n) is 9.86. The summed E-state index contributed by atoms with van der Waals surface area (Å²) >= 11 is 0. The van der Waals surface area contributed by atoms with Crippen molar-refractivity contribution >= 4 is 5.91 Å². The Hall–Kier alpha value is -0.610. The molecule has 2 saturated heterocycles. The van der Waals surface area contributed by atoms with Crippen LogP contribution in [0.1, 0.15) is 32.1 Å². The standard InChI is InChI=1S/C12H22N2O2/c13-6-5-10-3-1-7-14(9-10)12(15)11-4-2-8-16-11/h10-11H,1-9,13H2/t10?,11-/m1/s1. The Labute approximate surface area is 97.1 Å². The molecule has 0 aromatic carbocycles. The van der Waals surface area contributed by atoms with Gasteiger partial charge in [-0.15, -0.1) is 0 Å². The number of carbonyl (C=O) groups is 1. The fourth-order valence-corrected chi connectivity index (χ4v) is 2.71. The van der Waals surface area contributed by atoms with Crippen molar-refractivity contribution in [1.82, 2.24) is 4.90 Å². The van der Waals surface area contributed by atoms with Gasteiger partial charge < -0.3 is 15.4 Å². The van der Waals surface area contributed by atoms with Crippen LogP contribution in [-0.4, -0.2) is 43.2 Å². The lowest BCUT2D eigenvalue weighted by Crippen LogP contribution is -2.45. The number of piperidine rings is 1. The van der Waals surface area contributed by atoms with Gasteiger partial charge in [-0.1, -0.05) is 0 Å². The summed E-state index contributed by atoms with van der Waals surface area (Å²) < 4.78 is 5.45. The molecule has 1 unspecified atom stereocenters. The van der Waals surface area contributed by atoms with Crippen LogP contribution >= 0.6 is 0 Å². The fourth-order valence-electron chi connectivity index (χ4n) is 2.71. The van der Waals surface area contributed by atoms with E-state index in [2.05, 4.69) is 0 Å². The van der Waals surface area contributed by atoms with Gasteiger partial charge >= 0.3 is 0 Å². The molecule has 2 fully saturated rings. The minimum Gasteiger partial charge on any atom is -0.368 e. The second-order valence-corrected chi connectivity index (χ2v) is 4.87. The average molecular weight is 226 g/mol. The molecule has 2 heterocycles. The van der Waals surface area contributed by atoms with Crippen LogP contribution in [0.2, 0.25) is 0 Å². The van der Waals surface area contributed by atoms with E-state index in [1.165, 1.54) is 6.42 Å². The number of hydrogen-bond acceptors (Lipinski definition) is 3. The lowest BCUT2D eigenvalue weighted by Gasteiger charge is -2.34. The zero-order chi connectivity index (χ0) is 11.4. The molecule has 2 aliphatic rings. The van der Waals surface area contributed by atoms with Crippen LogP contribution in [0, 0.1) is 5.92 Å². The van der Waals surface area contributed by atoms with Gasteiger partial charge in [-0.25, -0.2) is 0 Å². The molecular formula is C12H22N2O2. The topological polar surface area (TPSA) is 55.6 Å². The maximum absolute atomic E-state index is 12.1. The number of carbonyl (C=O) groups excluding carboxylic acids is 1. The number of rotatable bonds is 3. The third kappa shape index (κ3) is 2.74. The molecule has 4 heteroatoms. The number of likely N-dealkylation sites (tertiary alicyclic amines) is 1. The smallest absolute Gasteiger partial charge is 0.251 e. The first-order valence-electron chi connectivity index (χ1n) is 6.41. The van der Waals surface area contributed by atoms with Gasteiger partial charge in [0.15, 0.2) is 0 Å². The summed E-state index contributed by atoms with van der Waals surface area (Å²) in [6.45, 7) is 3.26. The molecule has 2 aliphatic heterocycles. The lowest BCUT2D eigenvalue weighted by molar-refractivity contribution is -0.142. The Morgan fingerprint density at radius 1 is 1.38 bits per heavy atom. The second kappa shape index (κ2) is 5.64. The average Bonchev–Trinajstić information content (AvgIpc) is 2.82. The third-order valence-electron chi connectivity index (χ3n) is 3.61. The fraction of sp³-hybridized carbons (Fsp3) is 0.917. The third-order valence-corrected chi connectivity index (χ3v) is 3.61. The first kappa shape index (κ1) is 11.9. The van der Waals surface area contributed by atoms with Crippen molar-refractivity contribution in [3.63, 3.8) is 0 Å². The molecule has 0 spiro atoms. The maximum atomic E-state index is 12.1. The molecule has 0 aromatic heterocycles. The van der Waals surface area contributed by atoms with Crippen LogP contribution < -0.4 is 5.73 Å². The van der Waals surface area contributed by atoms with E-state index in [0.717, 1.165) is 51.9 Å². The number of nitrogens with two attached hydrogens (primary N) is 1. The van der Waals surface area contributed by atoms with Crippen LogP contribution in [0.25, 0.3) is 0 Å². The first-order valence-corrected chi connectivity index (χ1v) is 6.41. The van der Waals surface area contributed by atoms with E-state index >= 15 is 0 Å². The Balaban J connectivity index is 1.85. The van der Waals surface area contributed by atoms with E-state index in [4.69, 9.17) is 10.5 Å². The van der Waals surface area contributed by atoms with E-state index in [9.17, 15) is 4.79 Å². The van der Waals surface area contributed by atoms with Crippen LogP contribution in [0.4, 0.5) is 0 Å². The van der Waals surface area contributed by atoms with Gasteiger partial charge in [-0.2, -0.15) is 0 Å². The van der Waals surface area contributed by atoms with Gasteiger partial charge in [-0.3, -0.25) is 4.79 Å². The highest BCUT2D eigenvalue weighted by molar-refractivity contribution is 5.81. The molecule has 2 rings (SSSR count). The van der Waals surface area contributed by atoms with Crippen LogP contribution in [0.3, 0.4) is 0 Å². The maximum Gasteiger partial charge on any atom is 0.251 e. The van der Waals surface area contributed by atoms with Crippen LogP contribution in [0.5, 0.6) is 0 Å². The molecule has 1 amide bonds. The van der Waals surface area contributed by atoms with E-state index in [-0.39, 0.29) is 12.0 Å². The number of nitrogens with zero attached hydrogens (tertiary/aromatic N) is 1. The Bertz CT molecular complexity index is 237. The van der Waals surface area contributed by atoms with Gasteiger partial charge in [0, 0.05) is 19.7 Å². The highest BCUT2D eigenvalue weighted by Crippen LogP contribution is 2.22. The molecule has 2 atom stereocenters. The highest BCUT2D eigenvalue weighted by atomic mass is 16.5. The quantitative estimate of drug-likeness (QED) is 0.772. The first-order chi connectivity index (χ1) is 7.81. The van der Waals surface area contributed by atoms with Crippen molar-refractivity contribution in [2.75, 3.05) is 26.2 Å². The van der Waals surface area contributed by atoms with Crippen molar-refractivity contribution in [2.45, 2.75) is 38.2 Å². The number of ether oxygens (including phenoxy) is 1. The summed E-state index contributed by atoms with van der Waals surface area (Å²) in [4.78, 5) is 14.1. The van der Waals surface area contributed by atoms with Crippen molar-refractivity contribution in [2.24, 2.45) is 11.7 Å². The van der Waals surface area contributed by atoms with E-state index in [1.54, 1.807) is 0 Å². The minimum atomic E-state index is -0.156. The van der Waals surface area contributed by atoms with E-state index in [1.807, 2.05) is 4.90 Å². The zero-order valence-corrected chi connectivity index (χ0v) is 9.86. The van der Waals surface area contributed by atoms with Crippen molar-refractivity contribution in [3.8, 4) is 0 Å². The SMILES string of the molecule is NCCC1CCCN(C(=O)[C@H]2CCCO2)C1. The highest BCUT2D eigenvalue weighted by Gasteiger charge is 2.31. The molecule has 0 radical (unpaired) electrons. The molecule has 16 heavy (non-hydrogen) atoms.